The van der Waals surface area contributed by atoms with E-state index in [-0.39, 0.29) is 101 Å². The SMILES string of the molecule is C#Cc1c(F)ccc2cc(O)cc(-c3ncc4c(N5CC6CCC(C5)N6)nc(OC5CCN(CCCCCCCC(=O)NC(C(=O)N6C[C@H](O)C[C@H]6C(=O)NCc6ccc(-c7scnc7C)cc6)C(C)(C)C)CC5)nc4c3F)c12. The third-order valence-electron chi connectivity index (χ3n) is 16.0. The van der Waals surface area contributed by atoms with Crippen LogP contribution in [0, 0.1) is 36.3 Å². The Morgan fingerprint density at radius 3 is 2.39 bits per heavy atom. The van der Waals surface area contributed by atoms with Crippen LogP contribution in [-0.2, 0) is 20.9 Å². The maximum absolute atomic E-state index is 17.1. The Morgan fingerprint density at radius 1 is 0.949 bits per heavy atom. The molecule has 4 aliphatic heterocycles. The minimum atomic E-state index is -0.882. The molecule has 2 bridgehead atoms. The van der Waals surface area contributed by atoms with Crippen LogP contribution in [0.1, 0.15) is 108 Å². The van der Waals surface area contributed by atoms with Crippen LogP contribution in [-0.4, -0.2) is 133 Å². The topological polar surface area (TPSA) is 198 Å². The molecule has 0 saturated carbocycles. The molecule has 16 nitrogen and oxygen atoms in total. The average molecular weight is 1100 g/mol. The number of benzene rings is 3. The molecule has 79 heavy (non-hydrogen) atoms. The number of aliphatic hydroxyl groups is 1. The number of piperazine rings is 1. The fourth-order valence-electron chi connectivity index (χ4n) is 11.8. The van der Waals surface area contributed by atoms with Gasteiger partial charge in [0.25, 0.3) is 0 Å². The summed E-state index contributed by atoms with van der Waals surface area (Å²) in [6.07, 6.45) is 14.7. The molecule has 19 heteroatoms. The number of aryl methyl sites for hydroxylation is 1. The molecule has 3 unspecified atom stereocenters. The van der Waals surface area contributed by atoms with Crippen LogP contribution in [0.15, 0.2) is 60.2 Å². The van der Waals surface area contributed by atoms with Gasteiger partial charge in [0.15, 0.2) is 5.82 Å². The molecule has 0 spiro atoms. The molecule has 3 amide bonds. The van der Waals surface area contributed by atoms with Gasteiger partial charge < -0.3 is 45.6 Å². The molecule has 7 heterocycles. The standard InChI is InChI=1S/C60H70F2N10O6S/c1-6-44-47(61)20-17-38-26-41(73)27-45(50(38)44)52-51(62)53-46(30-63-52)56(71-31-39-18-19-40(32-71)66-39)69-59(68-53)78-43-21-24-70(25-22-43)23-11-9-7-8-10-12-49(75)67-55(60(3,4)5)58(77)72-33-42(74)28-48(72)57(76)64-29-36-13-15-37(16-14-36)54-35(2)65-34-79-54/h1,13-17,20,26-27,30,34,39-40,42-43,48,55,66,73-74H,7-12,18-19,21-25,28-29,31-33H2,2-5H3,(H,64,76)(H,67,75)/t39?,40?,42-,48+,55?/m1/s1. The molecule has 416 valence electrons. The van der Waals surface area contributed by atoms with Gasteiger partial charge in [-0.1, -0.05) is 76.3 Å². The number of amides is 3. The van der Waals surface area contributed by atoms with Crippen molar-refractivity contribution in [2.45, 2.75) is 141 Å². The third-order valence-corrected chi connectivity index (χ3v) is 17.0. The minimum Gasteiger partial charge on any atom is -0.508 e. The fraction of sp³-hybridized carbons (Fsp3) is 0.483. The number of nitrogens with zero attached hydrogens (tertiary/aromatic N) is 7. The predicted molar refractivity (Wildman–Crippen MR) is 301 cm³/mol. The van der Waals surface area contributed by atoms with Crippen LogP contribution in [0.3, 0.4) is 0 Å². The predicted octanol–water partition coefficient (Wildman–Crippen LogP) is 8.18. The summed E-state index contributed by atoms with van der Waals surface area (Å²) in [7, 11) is 0. The van der Waals surface area contributed by atoms with Gasteiger partial charge in [0.2, 0.25) is 17.7 Å². The first-order valence-corrected chi connectivity index (χ1v) is 28.6. The Balaban J connectivity index is 0.690. The van der Waals surface area contributed by atoms with Crippen LogP contribution in [0.4, 0.5) is 14.6 Å². The van der Waals surface area contributed by atoms with E-state index in [4.69, 9.17) is 16.1 Å². The molecule has 4 aliphatic rings. The van der Waals surface area contributed by atoms with Gasteiger partial charge in [-0.25, -0.2) is 13.8 Å². The van der Waals surface area contributed by atoms with Crippen LogP contribution in [0.2, 0.25) is 0 Å². The number of anilines is 1. The number of likely N-dealkylation sites (tertiary alicyclic amines) is 2. The molecule has 5 atom stereocenters. The van der Waals surface area contributed by atoms with Crippen molar-refractivity contribution < 1.29 is 38.1 Å². The maximum atomic E-state index is 17.1. The molecular formula is C60H70F2N10O6S. The highest BCUT2D eigenvalue weighted by molar-refractivity contribution is 7.13. The number of phenols is 1. The summed E-state index contributed by atoms with van der Waals surface area (Å²) in [4.78, 5) is 66.6. The number of unbranched alkanes of at least 4 members (excludes halogenated alkanes) is 4. The van der Waals surface area contributed by atoms with Crippen molar-refractivity contribution in [1.29, 1.82) is 0 Å². The summed E-state index contributed by atoms with van der Waals surface area (Å²) in [6, 6.07) is 12.3. The number of β-amino-alcohol motifs (C(OH)–C–C–N with tert-alkyl or cyclic N) is 1. The highest BCUT2D eigenvalue weighted by atomic mass is 32.1. The Hall–Kier alpha value is -6.85. The van der Waals surface area contributed by atoms with Crippen molar-refractivity contribution in [3.63, 3.8) is 0 Å². The number of pyridine rings is 1. The number of aromatic hydroxyl groups is 1. The second kappa shape index (κ2) is 23.9. The number of aromatic nitrogens is 4. The van der Waals surface area contributed by atoms with Crippen molar-refractivity contribution in [2.24, 2.45) is 5.41 Å². The van der Waals surface area contributed by atoms with Gasteiger partial charge in [0, 0.05) is 81.3 Å². The van der Waals surface area contributed by atoms with E-state index in [0.29, 0.717) is 36.1 Å². The molecule has 0 aliphatic carbocycles. The molecule has 0 radical (unpaired) electrons. The summed E-state index contributed by atoms with van der Waals surface area (Å²) >= 11 is 1.58. The highest BCUT2D eigenvalue weighted by Crippen LogP contribution is 2.40. The maximum Gasteiger partial charge on any atom is 0.319 e. The quantitative estimate of drug-likeness (QED) is 0.0409. The number of fused-ring (bicyclic) bond motifs is 4. The first kappa shape index (κ1) is 55.5. The third kappa shape index (κ3) is 12.5. The Labute approximate surface area is 463 Å². The number of phenolic OH excluding ortho intramolecular Hbond substituents is 1. The number of aliphatic hydroxyl groups excluding tert-OH is 1. The van der Waals surface area contributed by atoms with Crippen LogP contribution < -0.4 is 25.6 Å². The van der Waals surface area contributed by atoms with Crippen molar-refractivity contribution in [3.05, 3.63) is 88.7 Å². The lowest BCUT2D eigenvalue weighted by Crippen LogP contribution is -2.57. The lowest BCUT2D eigenvalue weighted by atomic mass is 9.85. The molecule has 10 rings (SSSR count). The van der Waals surface area contributed by atoms with Crippen LogP contribution in [0.25, 0.3) is 43.4 Å². The van der Waals surface area contributed by atoms with Gasteiger partial charge in [-0.15, -0.1) is 17.8 Å². The zero-order chi connectivity index (χ0) is 55.5. The number of nitrogens with one attached hydrogen (secondary N) is 3. The van der Waals surface area contributed by atoms with E-state index < -0.39 is 35.2 Å². The summed E-state index contributed by atoms with van der Waals surface area (Å²) in [5, 5.41) is 32.1. The number of carbonyl (C=O) groups excluding carboxylic acids is 3. The lowest BCUT2D eigenvalue weighted by Gasteiger charge is -2.35. The van der Waals surface area contributed by atoms with E-state index in [9.17, 15) is 24.6 Å². The number of thiazole rings is 1. The molecular weight excluding hydrogens is 1030 g/mol. The number of hydrogen-bond acceptors (Lipinski definition) is 14. The van der Waals surface area contributed by atoms with Gasteiger partial charge in [-0.2, -0.15) is 9.97 Å². The summed E-state index contributed by atoms with van der Waals surface area (Å²) in [5.41, 5.74) is 4.08. The van der Waals surface area contributed by atoms with E-state index in [2.05, 4.69) is 46.6 Å². The monoisotopic (exact) mass is 1100 g/mol. The van der Waals surface area contributed by atoms with Gasteiger partial charge in [-0.05, 0) is 92.1 Å². The van der Waals surface area contributed by atoms with Crippen molar-refractivity contribution in [3.8, 4) is 45.8 Å². The van der Waals surface area contributed by atoms with Crippen molar-refractivity contribution >= 4 is 56.6 Å². The number of carbonyl (C=O) groups is 3. The molecule has 3 aromatic carbocycles. The Bertz CT molecular complexity index is 3250. The summed E-state index contributed by atoms with van der Waals surface area (Å²) in [6.45, 7) is 11.8. The fourth-order valence-corrected chi connectivity index (χ4v) is 12.6. The lowest BCUT2D eigenvalue weighted by molar-refractivity contribution is -0.144. The van der Waals surface area contributed by atoms with Crippen LogP contribution in [0.5, 0.6) is 11.8 Å². The average Bonchev–Trinajstić information content (AvgIpc) is 4.15. The number of rotatable bonds is 18. The van der Waals surface area contributed by atoms with Crippen molar-refractivity contribution in [2.75, 3.05) is 44.2 Å². The zero-order valence-electron chi connectivity index (χ0n) is 45.4. The second-order valence-corrected chi connectivity index (χ2v) is 23.7. The first-order valence-electron chi connectivity index (χ1n) is 27.7. The van der Waals surface area contributed by atoms with Gasteiger partial charge >= 0.3 is 6.01 Å². The van der Waals surface area contributed by atoms with Crippen LogP contribution >= 0.6 is 11.3 Å². The van der Waals surface area contributed by atoms with E-state index >= 15 is 8.78 Å². The second-order valence-electron chi connectivity index (χ2n) is 22.8. The highest BCUT2D eigenvalue weighted by Gasteiger charge is 2.44. The number of terminal acetylenes is 1. The normalized spacial score (nSPS) is 20.2. The van der Waals surface area contributed by atoms with Gasteiger partial charge in [-0.3, -0.25) is 19.4 Å². The number of ether oxygens (including phenoxy) is 1. The van der Waals surface area contributed by atoms with E-state index in [1.807, 2.05) is 57.5 Å². The zero-order valence-corrected chi connectivity index (χ0v) is 46.2. The minimum absolute atomic E-state index is 0.0126. The van der Waals surface area contributed by atoms with E-state index in [0.717, 1.165) is 92.7 Å². The first-order chi connectivity index (χ1) is 38.0. The molecule has 4 fully saturated rings. The number of piperidine rings is 1. The number of hydrogen-bond donors (Lipinski definition) is 5. The van der Waals surface area contributed by atoms with Gasteiger partial charge in [0.1, 0.15) is 46.8 Å². The van der Waals surface area contributed by atoms with E-state index in [1.165, 1.54) is 29.2 Å². The van der Waals surface area contributed by atoms with Gasteiger partial charge in [0.05, 0.1) is 33.1 Å². The largest absolute Gasteiger partial charge is 0.508 e. The Kier molecular flexibility index (Phi) is 16.7. The Morgan fingerprint density at radius 2 is 1.68 bits per heavy atom. The smallest absolute Gasteiger partial charge is 0.319 e. The molecule has 5 N–H and O–H groups in total. The molecule has 4 saturated heterocycles. The summed E-state index contributed by atoms with van der Waals surface area (Å²) < 4.78 is 38.6. The van der Waals surface area contributed by atoms with Crippen molar-refractivity contribution in [1.82, 2.24) is 45.7 Å². The molecule has 3 aromatic heterocycles. The van der Waals surface area contributed by atoms with E-state index in [1.54, 1.807) is 17.5 Å². The number of halogens is 2. The molecule has 6 aromatic rings. The summed E-state index contributed by atoms with van der Waals surface area (Å²) in [5.74, 6) is 0.457.